The van der Waals surface area contributed by atoms with Gasteiger partial charge in [-0.3, -0.25) is 4.79 Å². The molecule has 0 unspecified atom stereocenters. The number of rotatable bonds is 3. The molecule has 0 aliphatic heterocycles. The summed E-state index contributed by atoms with van der Waals surface area (Å²) in [4.78, 5) is 16.0. The van der Waals surface area contributed by atoms with Gasteiger partial charge >= 0.3 is 0 Å². The highest BCUT2D eigenvalue weighted by Crippen LogP contribution is 2.22. The monoisotopic (exact) mass is 321 g/mol. The van der Waals surface area contributed by atoms with E-state index in [1.807, 2.05) is 6.07 Å². The largest absolute Gasteiger partial charge is 0.322 e. The summed E-state index contributed by atoms with van der Waals surface area (Å²) in [7, 11) is 0. The minimum Gasteiger partial charge on any atom is -0.322 e. The lowest BCUT2D eigenvalue weighted by molar-refractivity contribution is 0.102. The van der Waals surface area contributed by atoms with Crippen molar-refractivity contribution in [2.75, 3.05) is 10.7 Å². The number of benzene rings is 1. The summed E-state index contributed by atoms with van der Waals surface area (Å²) in [5.41, 5.74) is 3.36. The predicted molar refractivity (Wildman–Crippen MR) is 81.2 cm³/mol. The number of hydrogen-bond donors (Lipinski definition) is 3. The number of nitrogens with two attached hydrogens (primary N) is 1. The lowest BCUT2D eigenvalue weighted by atomic mass is 10.2. The van der Waals surface area contributed by atoms with Gasteiger partial charge in [0.1, 0.15) is 6.07 Å². The minimum atomic E-state index is -0.409. The Morgan fingerprint density at radius 2 is 2.05 bits per heavy atom. The van der Waals surface area contributed by atoms with E-state index in [0.29, 0.717) is 11.3 Å². The molecule has 0 saturated heterocycles. The third kappa shape index (κ3) is 3.41. The van der Waals surface area contributed by atoms with E-state index in [2.05, 4.69) is 15.7 Å². The second kappa shape index (κ2) is 6.41. The van der Waals surface area contributed by atoms with E-state index < -0.39 is 5.91 Å². The molecule has 1 amide bonds. The van der Waals surface area contributed by atoms with Gasteiger partial charge < -0.3 is 10.7 Å². The van der Waals surface area contributed by atoms with Crippen LogP contribution in [0.4, 0.5) is 11.5 Å². The maximum atomic E-state index is 12.1. The Morgan fingerprint density at radius 1 is 1.29 bits per heavy atom. The number of aromatic nitrogens is 1. The zero-order chi connectivity index (χ0) is 15.4. The van der Waals surface area contributed by atoms with Crippen molar-refractivity contribution in [3.63, 3.8) is 0 Å². The van der Waals surface area contributed by atoms with Crippen LogP contribution in [0.15, 0.2) is 30.5 Å². The summed E-state index contributed by atoms with van der Waals surface area (Å²) in [6.07, 6.45) is 1.33. The average molecular weight is 322 g/mol. The number of nitriles is 1. The summed E-state index contributed by atoms with van der Waals surface area (Å²) < 4.78 is 0. The summed E-state index contributed by atoms with van der Waals surface area (Å²) in [5.74, 6) is 5.07. The SMILES string of the molecule is N#Cc1ccc(NC(=O)c2cnc(NN)c(Cl)c2)cc1Cl. The molecule has 0 aliphatic rings. The molecule has 21 heavy (non-hydrogen) atoms. The number of nitrogens with zero attached hydrogens (tertiary/aromatic N) is 2. The molecule has 0 fully saturated rings. The second-order valence-corrected chi connectivity index (χ2v) is 4.77. The molecule has 0 atom stereocenters. The first-order valence-electron chi connectivity index (χ1n) is 5.68. The number of pyridine rings is 1. The molecule has 6 nitrogen and oxygen atoms in total. The summed E-state index contributed by atoms with van der Waals surface area (Å²) in [6, 6.07) is 7.96. The molecular formula is C13H9Cl2N5O. The predicted octanol–water partition coefficient (Wildman–Crippen LogP) is 2.80. The van der Waals surface area contributed by atoms with Gasteiger partial charge in [0.2, 0.25) is 0 Å². The average Bonchev–Trinajstić information content (AvgIpc) is 2.47. The first-order chi connectivity index (χ1) is 10.0. The number of anilines is 2. The molecule has 0 spiro atoms. The van der Waals surface area contributed by atoms with Gasteiger partial charge in [0, 0.05) is 11.9 Å². The number of hydrogen-bond acceptors (Lipinski definition) is 5. The fraction of sp³-hybridized carbons (Fsp3) is 0. The lowest BCUT2D eigenvalue weighted by Gasteiger charge is -2.08. The fourth-order valence-corrected chi connectivity index (χ4v) is 2.00. The third-order valence-electron chi connectivity index (χ3n) is 2.59. The topological polar surface area (TPSA) is 104 Å². The van der Waals surface area contributed by atoms with Crippen LogP contribution >= 0.6 is 23.2 Å². The van der Waals surface area contributed by atoms with Crippen LogP contribution in [0, 0.1) is 11.3 Å². The smallest absolute Gasteiger partial charge is 0.257 e. The van der Waals surface area contributed by atoms with Gasteiger partial charge in [-0.2, -0.15) is 5.26 Å². The molecule has 1 aromatic carbocycles. The van der Waals surface area contributed by atoms with Crippen molar-refractivity contribution in [3.05, 3.63) is 51.6 Å². The molecule has 0 saturated carbocycles. The normalized spacial score (nSPS) is 9.81. The summed E-state index contributed by atoms with van der Waals surface area (Å²) in [5, 5.41) is 11.9. The number of hydrazine groups is 1. The Kier molecular flexibility index (Phi) is 4.60. The molecule has 1 heterocycles. The molecule has 2 rings (SSSR count). The van der Waals surface area contributed by atoms with Gasteiger partial charge in [-0.25, -0.2) is 10.8 Å². The Labute approximate surface area is 130 Å². The van der Waals surface area contributed by atoms with Gasteiger partial charge in [0.25, 0.3) is 5.91 Å². The van der Waals surface area contributed by atoms with E-state index in [4.69, 9.17) is 34.3 Å². The maximum Gasteiger partial charge on any atom is 0.257 e. The van der Waals surface area contributed by atoms with E-state index in [-0.39, 0.29) is 21.4 Å². The molecule has 0 bridgehead atoms. The number of halogens is 2. The van der Waals surface area contributed by atoms with Gasteiger partial charge in [-0.05, 0) is 24.3 Å². The highest BCUT2D eigenvalue weighted by Gasteiger charge is 2.11. The standard InChI is InChI=1S/C13H9Cl2N5O/c14-10-4-9(2-1-7(10)5-16)19-13(21)8-3-11(15)12(20-17)18-6-8/h1-4,6H,17H2,(H,18,20)(H,19,21). The third-order valence-corrected chi connectivity index (χ3v) is 3.19. The molecule has 0 radical (unpaired) electrons. The van der Waals surface area contributed by atoms with Crippen LogP contribution in [0.5, 0.6) is 0 Å². The van der Waals surface area contributed by atoms with E-state index >= 15 is 0 Å². The number of nitrogens with one attached hydrogen (secondary N) is 2. The number of nitrogen functional groups attached to an aromatic ring is 1. The first-order valence-corrected chi connectivity index (χ1v) is 6.44. The van der Waals surface area contributed by atoms with Gasteiger partial charge in [0.15, 0.2) is 5.82 Å². The number of carbonyl (C=O) groups excluding carboxylic acids is 1. The minimum absolute atomic E-state index is 0.225. The van der Waals surface area contributed by atoms with Crippen molar-refractivity contribution in [1.82, 2.24) is 4.98 Å². The van der Waals surface area contributed by atoms with Crippen LogP contribution in [0.3, 0.4) is 0 Å². The highest BCUT2D eigenvalue weighted by atomic mass is 35.5. The number of amides is 1. The molecule has 2 aromatic rings. The van der Waals surface area contributed by atoms with Gasteiger partial charge in [-0.1, -0.05) is 23.2 Å². The van der Waals surface area contributed by atoms with E-state index in [1.54, 1.807) is 6.07 Å². The zero-order valence-electron chi connectivity index (χ0n) is 10.5. The molecule has 0 aliphatic carbocycles. The summed E-state index contributed by atoms with van der Waals surface area (Å²) in [6.45, 7) is 0. The lowest BCUT2D eigenvalue weighted by Crippen LogP contribution is -2.14. The Balaban J connectivity index is 2.20. The molecule has 1 aromatic heterocycles. The van der Waals surface area contributed by atoms with Crippen LogP contribution in [0.2, 0.25) is 10.0 Å². The van der Waals surface area contributed by atoms with Crippen LogP contribution in [0.1, 0.15) is 15.9 Å². The van der Waals surface area contributed by atoms with Crippen molar-refractivity contribution in [2.24, 2.45) is 5.84 Å². The van der Waals surface area contributed by atoms with Crippen LogP contribution < -0.4 is 16.6 Å². The number of carbonyl (C=O) groups is 1. The highest BCUT2D eigenvalue weighted by molar-refractivity contribution is 6.33. The van der Waals surface area contributed by atoms with Gasteiger partial charge in [-0.15, -0.1) is 0 Å². The Bertz CT molecular complexity index is 742. The van der Waals surface area contributed by atoms with Crippen LogP contribution in [-0.2, 0) is 0 Å². The van der Waals surface area contributed by atoms with Crippen molar-refractivity contribution >= 4 is 40.6 Å². The molecule has 106 valence electrons. The van der Waals surface area contributed by atoms with Crippen molar-refractivity contribution in [3.8, 4) is 6.07 Å². The molecule has 4 N–H and O–H groups in total. The first kappa shape index (κ1) is 15.1. The van der Waals surface area contributed by atoms with Crippen molar-refractivity contribution in [2.45, 2.75) is 0 Å². The van der Waals surface area contributed by atoms with Crippen LogP contribution in [0.25, 0.3) is 0 Å². The Hall–Kier alpha value is -2.33. The molecular weight excluding hydrogens is 313 g/mol. The van der Waals surface area contributed by atoms with E-state index in [0.717, 1.165) is 0 Å². The fourth-order valence-electron chi connectivity index (χ4n) is 1.56. The van der Waals surface area contributed by atoms with Gasteiger partial charge in [0.05, 0.1) is 21.2 Å². The zero-order valence-corrected chi connectivity index (χ0v) is 12.0. The second-order valence-electron chi connectivity index (χ2n) is 3.96. The van der Waals surface area contributed by atoms with E-state index in [9.17, 15) is 4.79 Å². The van der Waals surface area contributed by atoms with Crippen molar-refractivity contribution < 1.29 is 4.79 Å². The Morgan fingerprint density at radius 3 is 2.62 bits per heavy atom. The molecule has 8 heteroatoms. The van der Waals surface area contributed by atoms with Crippen LogP contribution in [-0.4, -0.2) is 10.9 Å². The summed E-state index contributed by atoms with van der Waals surface area (Å²) >= 11 is 11.8. The van der Waals surface area contributed by atoms with E-state index in [1.165, 1.54) is 24.4 Å². The maximum absolute atomic E-state index is 12.1. The van der Waals surface area contributed by atoms with Crippen molar-refractivity contribution in [1.29, 1.82) is 5.26 Å². The quantitative estimate of drug-likeness (QED) is 0.595.